The van der Waals surface area contributed by atoms with Crippen molar-refractivity contribution in [1.29, 1.82) is 0 Å². The minimum absolute atomic E-state index is 0. The highest BCUT2D eigenvalue weighted by Crippen LogP contribution is 2.23. The second-order valence-electron chi connectivity index (χ2n) is 5.79. The molecule has 0 aliphatic heterocycles. The number of benzene rings is 3. The summed E-state index contributed by atoms with van der Waals surface area (Å²) in [6.45, 7) is 4.44. The van der Waals surface area contributed by atoms with E-state index in [2.05, 4.69) is 92.0 Å². The Balaban J connectivity index is 0.00000192. The van der Waals surface area contributed by atoms with E-state index >= 15 is 0 Å². The van der Waals surface area contributed by atoms with Gasteiger partial charge in [-0.2, -0.15) is 0 Å². The summed E-state index contributed by atoms with van der Waals surface area (Å²) in [5, 5.41) is 2.27. The molecule has 2 heteroatoms. The zero-order chi connectivity index (χ0) is 15.4. The number of aryl methyl sites for hydroxylation is 1. The summed E-state index contributed by atoms with van der Waals surface area (Å²) < 4.78 is 0. The summed E-state index contributed by atoms with van der Waals surface area (Å²) in [6.07, 6.45) is 0.995. The van der Waals surface area contributed by atoms with Crippen LogP contribution in [0.15, 0.2) is 72.8 Å². The van der Waals surface area contributed by atoms with Gasteiger partial charge in [-0.15, -0.1) is 0 Å². The van der Waals surface area contributed by atoms with E-state index in [9.17, 15) is 0 Å². The molecule has 0 radical (unpaired) electrons. The van der Waals surface area contributed by atoms with Gasteiger partial charge in [0.15, 0.2) is 0 Å². The maximum absolute atomic E-state index is 2.27. The third kappa shape index (κ3) is 4.22. The predicted octanol–water partition coefficient (Wildman–Crippen LogP) is 1.42. The lowest BCUT2D eigenvalue weighted by Crippen LogP contribution is -3.00. The molecule has 0 saturated carbocycles. The van der Waals surface area contributed by atoms with Crippen molar-refractivity contribution >= 4 is 11.4 Å². The van der Waals surface area contributed by atoms with Crippen molar-refractivity contribution in [3.8, 4) is 0 Å². The SMILES string of the molecule is Cc1ccc([NH2+]c2ccccc2)c(C)c1Cc1ccccc1.[Cl-]. The van der Waals surface area contributed by atoms with E-state index in [4.69, 9.17) is 0 Å². The lowest BCUT2D eigenvalue weighted by molar-refractivity contribution is -0.479. The summed E-state index contributed by atoms with van der Waals surface area (Å²) >= 11 is 0. The van der Waals surface area contributed by atoms with Gasteiger partial charge in [0, 0.05) is 5.56 Å². The Labute approximate surface area is 144 Å². The third-order valence-electron chi connectivity index (χ3n) is 4.22. The van der Waals surface area contributed by atoms with Crippen LogP contribution >= 0.6 is 0 Å². The Hall–Kier alpha value is -2.09. The Morgan fingerprint density at radius 1 is 0.739 bits per heavy atom. The topological polar surface area (TPSA) is 16.6 Å². The smallest absolute Gasteiger partial charge is 0.137 e. The molecule has 0 fully saturated rings. The highest BCUT2D eigenvalue weighted by atomic mass is 35.5. The molecule has 3 rings (SSSR count). The zero-order valence-electron chi connectivity index (χ0n) is 13.6. The van der Waals surface area contributed by atoms with E-state index in [0.717, 1.165) is 6.42 Å². The largest absolute Gasteiger partial charge is 1.00 e. The van der Waals surface area contributed by atoms with Crippen LogP contribution in [0.5, 0.6) is 0 Å². The molecule has 2 N–H and O–H groups in total. The van der Waals surface area contributed by atoms with Crippen LogP contribution in [-0.4, -0.2) is 0 Å². The van der Waals surface area contributed by atoms with Crippen LogP contribution < -0.4 is 17.7 Å². The highest BCUT2D eigenvalue weighted by molar-refractivity contribution is 5.51. The third-order valence-corrected chi connectivity index (χ3v) is 4.22. The van der Waals surface area contributed by atoms with Gasteiger partial charge in [-0.1, -0.05) is 54.6 Å². The average molecular weight is 324 g/mol. The van der Waals surface area contributed by atoms with E-state index in [-0.39, 0.29) is 12.4 Å². The van der Waals surface area contributed by atoms with E-state index in [1.165, 1.54) is 33.6 Å². The summed E-state index contributed by atoms with van der Waals surface area (Å²) in [5.74, 6) is 0. The fourth-order valence-corrected chi connectivity index (χ4v) is 2.87. The molecular weight excluding hydrogens is 302 g/mol. The molecule has 0 unspecified atom stereocenters. The van der Waals surface area contributed by atoms with Crippen LogP contribution in [0.3, 0.4) is 0 Å². The number of quaternary nitrogens is 1. The molecule has 23 heavy (non-hydrogen) atoms. The van der Waals surface area contributed by atoms with Crippen molar-refractivity contribution < 1.29 is 17.7 Å². The van der Waals surface area contributed by atoms with Gasteiger partial charge >= 0.3 is 0 Å². The molecule has 0 bridgehead atoms. The second kappa shape index (κ2) is 7.96. The van der Waals surface area contributed by atoms with Gasteiger partial charge in [-0.05, 0) is 55.2 Å². The molecule has 0 amide bonds. The van der Waals surface area contributed by atoms with Crippen LogP contribution in [0.25, 0.3) is 0 Å². The van der Waals surface area contributed by atoms with Gasteiger partial charge in [-0.25, -0.2) is 0 Å². The summed E-state index contributed by atoms with van der Waals surface area (Å²) in [4.78, 5) is 0. The van der Waals surface area contributed by atoms with Crippen molar-refractivity contribution in [1.82, 2.24) is 0 Å². The minimum Gasteiger partial charge on any atom is -1.00 e. The first-order valence-corrected chi connectivity index (χ1v) is 7.77. The predicted molar refractivity (Wildman–Crippen MR) is 92.9 cm³/mol. The molecular formula is C21H22ClN. The summed E-state index contributed by atoms with van der Waals surface area (Å²) in [6, 6.07) is 25.7. The molecule has 0 atom stereocenters. The van der Waals surface area contributed by atoms with Crippen molar-refractivity contribution in [2.75, 3.05) is 0 Å². The maximum atomic E-state index is 2.27. The van der Waals surface area contributed by atoms with Crippen molar-refractivity contribution in [2.24, 2.45) is 0 Å². The first-order valence-electron chi connectivity index (χ1n) is 7.77. The quantitative estimate of drug-likeness (QED) is 0.700. The van der Waals surface area contributed by atoms with E-state index in [0.29, 0.717) is 0 Å². The van der Waals surface area contributed by atoms with Crippen LogP contribution in [0.1, 0.15) is 22.3 Å². The Bertz CT molecular complexity index is 752. The van der Waals surface area contributed by atoms with E-state index in [1.807, 2.05) is 0 Å². The van der Waals surface area contributed by atoms with Gasteiger partial charge in [0.05, 0.1) is 0 Å². The van der Waals surface area contributed by atoms with E-state index in [1.54, 1.807) is 0 Å². The van der Waals surface area contributed by atoms with Crippen molar-refractivity contribution in [3.63, 3.8) is 0 Å². The second-order valence-corrected chi connectivity index (χ2v) is 5.79. The van der Waals surface area contributed by atoms with Crippen molar-refractivity contribution in [3.05, 3.63) is 95.1 Å². The number of rotatable bonds is 4. The first kappa shape index (κ1) is 17.3. The lowest BCUT2D eigenvalue weighted by atomic mass is 9.95. The van der Waals surface area contributed by atoms with Crippen LogP contribution in [0.2, 0.25) is 0 Å². The molecule has 0 saturated heterocycles. The standard InChI is InChI=1S/C21H21N.ClH/c1-16-13-14-21(22-19-11-7-4-8-12-19)17(2)20(16)15-18-9-5-3-6-10-18;/h3-14,22H,15H2,1-2H3;1H. The molecule has 0 spiro atoms. The molecule has 3 aromatic rings. The number of hydrogen-bond acceptors (Lipinski definition) is 0. The van der Waals surface area contributed by atoms with Gasteiger partial charge < -0.3 is 12.4 Å². The Morgan fingerprint density at radius 2 is 1.35 bits per heavy atom. The Kier molecular flexibility index (Phi) is 5.97. The molecule has 3 aromatic carbocycles. The highest BCUT2D eigenvalue weighted by Gasteiger charge is 2.11. The normalized spacial score (nSPS) is 10.2. The fourth-order valence-electron chi connectivity index (χ4n) is 2.87. The first-order chi connectivity index (χ1) is 10.7. The fraction of sp³-hybridized carbons (Fsp3) is 0.143. The summed E-state index contributed by atoms with van der Waals surface area (Å²) in [5.41, 5.74) is 8.11. The zero-order valence-corrected chi connectivity index (χ0v) is 14.3. The molecule has 0 aromatic heterocycles. The molecule has 0 aliphatic rings. The van der Waals surface area contributed by atoms with Gasteiger partial charge in [0.1, 0.15) is 11.4 Å². The minimum atomic E-state index is 0. The number of para-hydroxylation sites is 1. The van der Waals surface area contributed by atoms with Crippen molar-refractivity contribution in [2.45, 2.75) is 20.3 Å². The number of hydrogen-bond donors (Lipinski definition) is 1. The lowest BCUT2D eigenvalue weighted by Gasteiger charge is -2.13. The Morgan fingerprint density at radius 3 is 2.00 bits per heavy atom. The monoisotopic (exact) mass is 323 g/mol. The number of nitrogens with two attached hydrogens (primary N) is 1. The molecule has 1 nitrogen and oxygen atoms in total. The van der Waals surface area contributed by atoms with Crippen LogP contribution in [0.4, 0.5) is 11.4 Å². The van der Waals surface area contributed by atoms with Gasteiger partial charge in [-0.3, -0.25) is 5.32 Å². The number of halogens is 1. The molecule has 118 valence electrons. The molecule has 0 heterocycles. The maximum Gasteiger partial charge on any atom is 0.137 e. The molecule has 0 aliphatic carbocycles. The average Bonchev–Trinajstić information content (AvgIpc) is 2.56. The summed E-state index contributed by atoms with van der Waals surface area (Å²) in [7, 11) is 0. The van der Waals surface area contributed by atoms with Crippen LogP contribution in [0, 0.1) is 13.8 Å². The van der Waals surface area contributed by atoms with Gasteiger partial charge in [0.2, 0.25) is 0 Å². The van der Waals surface area contributed by atoms with Gasteiger partial charge in [0.25, 0.3) is 0 Å². The van der Waals surface area contributed by atoms with E-state index < -0.39 is 0 Å². The van der Waals surface area contributed by atoms with Crippen LogP contribution in [-0.2, 0) is 6.42 Å².